The van der Waals surface area contributed by atoms with Crippen LogP contribution >= 0.6 is 22.7 Å². The number of rotatable bonds is 3. The molecule has 128 valence electrons. The minimum atomic E-state index is -0.636. The molecule has 0 spiro atoms. The molecule has 0 aliphatic carbocycles. The van der Waals surface area contributed by atoms with E-state index >= 15 is 0 Å². The molecule has 0 aromatic carbocycles. The maximum atomic E-state index is 10.1. The van der Waals surface area contributed by atoms with Gasteiger partial charge in [-0.1, -0.05) is 0 Å². The summed E-state index contributed by atoms with van der Waals surface area (Å²) >= 11 is 2.97. The fourth-order valence-electron chi connectivity index (χ4n) is 2.86. The lowest BCUT2D eigenvalue weighted by atomic mass is 10.1. The fourth-order valence-corrected chi connectivity index (χ4v) is 4.52. The lowest BCUT2D eigenvalue weighted by Gasteiger charge is -2.09. The van der Waals surface area contributed by atoms with Crippen LogP contribution in [-0.4, -0.2) is 24.6 Å². The third-order valence-electron chi connectivity index (χ3n) is 4.25. The van der Waals surface area contributed by atoms with Gasteiger partial charge in [0.15, 0.2) is 0 Å². The van der Waals surface area contributed by atoms with Gasteiger partial charge < -0.3 is 15.4 Å². The van der Waals surface area contributed by atoms with E-state index in [-0.39, 0.29) is 0 Å². The number of nitrogens with zero attached hydrogens (tertiary/aromatic N) is 4. The molecule has 0 fully saturated rings. The van der Waals surface area contributed by atoms with E-state index in [0.717, 1.165) is 42.9 Å². The Kier molecular flexibility index (Phi) is 3.82. The number of nitrogen functional groups attached to an aromatic ring is 1. The maximum Gasteiger partial charge on any atom is 0.141 e. The van der Waals surface area contributed by atoms with Crippen LogP contribution in [0, 0.1) is 6.92 Å². The molecule has 4 aromatic rings. The Morgan fingerprint density at radius 1 is 1.32 bits per heavy atom. The first-order valence-electron chi connectivity index (χ1n) is 7.77. The smallest absolute Gasteiger partial charge is 0.141 e. The molecule has 4 rings (SSSR count). The van der Waals surface area contributed by atoms with E-state index in [4.69, 9.17) is 10.7 Å². The van der Waals surface area contributed by atoms with Gasteiger partial charge in [-0.2, -0.15) is 0 Å². The number of nitrogens with two attached hydrogens (primary N) is 1. The first-order chi connectivity index (χ1) is 12.0. The van der Waals surface area contributed by atoms with Crippen LogP contribution in [0.15, 0.2) is 23.8 Å². The fraction of sp³-hybridized carbons (Fsp3) is 0.235. The average molecular weight is 371 g/mol. The van der Waals surface area contributed by atoms with Gasteiger partial charge in [-0.3, -0.25) is 0 Å². The van der Waals surface area contributed by atoms with E-state index in [1.807, 2.05) is 36.2 Å². The zero-order valence-corrected chi connectivity index (χ0v) is 15.6. The molecule has 0 bridgehead atoms. The Hall–Kier alpha value is -2.29. The molecule has 4 heterocycles. The van der Waals surface area contributed by atoms with Crippen molar-refractivity contribution in [3.63, 3.8) is 0 Å². The average Bonchev–Trinajstić information content (AvgIpc) is 3.29. The molecule has 0 saturated heterocycles. The standard InChI is InChI=1S/C17H17N5OS2/c1-8(23)15-14(18)13-10(12-7-20-9(2)22(12)3)6-11(21-17(13)25-15)16-19-4-5-24-16/h4-8,23H,18H2,1-3H3/t8-/m1/s1. The number of hydrogen-bond acceptors (Lipinski definition) is 7. The Morgan fingerprint density at radius 3 is 2.72 bits per heavy atom. The lowest BCUT2D eigenvalue weighted by Crippen LogP contribution is -1.98. The van der Waals surface area contributed by atoms with Gasteiger partial charge >= 0.3 is 0 Å². The van der Waals surface area contributed by atoms with Gasteiger partial charge in [0.2, 0.25) is 0 Å². The van der Waals surface area contributed by atoms with Crippen molar-refractivity contribution in [3.8, 4) is 22.0 Å². The predicted octanol–water partition coefficient (Wildman–Crippen LogP) is 3.76. The highest BCUT2D eigenvalue weighted by Gasteiger charge is 2.21. The molecule has 0 saturated carbocycles. The van der Waals surface area contributed by atoms with Crippen LogP contribution in [0.25, 0.3) is 32.2 Å². The number of imidazole rings is 1. The van der Waals surface area contributed by atoms with E-state index in [9.17, 15) is 5.11 Å². The molecule has 4 aromatic heterocycles. The quantitative estimate of drug-likeness (QED) is 0.572. The molecular weight excluding hydrogens is 354 g/mol. The zero-order chi connectivity index (χ0) is 17.7. The molecule has 6 nitrogen and oxygen atoms in total. The Morgan fingerprint density at radius 2 is 2.12 bits per heavy atom. The summed E-state index contributed by atoms with van der Waals surface area (Å²) in [4.78, 5) is 15.1. The van der Waals surface area contributed by atoms with Gasteiger partial charge in [0.25, 0.3) is 0 Å². The zero-order valence-electron chi connectivity index (χ0n) is 14.0. The van der Waals surface area contributed by atoms with Gasteiger partial charge in [0.05, 0.1) is 28.6 Å². The summed E-state index contributed by atoms with van der Waals surface area (Å²) < 4.78 is 2.03. The summed E-state index contributed by atoms with van der Waals surface area (Å²) in [5.74, 6) is 0.917. The largest absolute Gasteiger partial charge is 0.397 e. The number of hydrogen-bond donors (Lipinski definition) is 2. The third-order valence-corrected chi connectivity index (χ3v) is 6.32. The second kappa shape index (κ2) is 5.91. The van der Waals surface area contributed by atoms with Crippen LogP contribution in [-0.2, 0) is 7.05 Å². The summed E-state index contributed by atoms with van der Waals surface area (Å²) in [5.41, 5.74) is 9.68. The number of thiophene rings is 1. The molecule has 8 heteroatoms. The molecule has 0 aliphatic heterocycles. The second-order valence-electron chi connectivity index (χ2n) is 5.88. The topological polar surface area (TPSA) is 89.8 Å². The van der Waals surface area contributed by atoms with E-state index < -0.39 is 6.10 Å². The second-order valence-corrected chi connectivity index (χ2v) is 7.80. The SMILES string of the molecule is Cc1ncc(-c2cc(-c3nccs3)nc3sc([C@@H](C)O)c(N)c23)n1C. The van der Waals surface area contributed by atoms with Crippen LogP contribution in [0.4, 0.5) is 5.69 Å². The summed E-state index contributed by atoms with van der Waals surface area (Å²) in [7, 11) is 1.98. The monoisotopic (exact) mass is 371 g/mol. The molecule has 25 heavy (non-hydrogen) atoms. The number of pyridine rings is 1. The Bertz CT molecular complexity index is 1060. The summed E-state index contributed by atoms with van der Waals surface area (Å²) in [6.45, 7) is 3.68. The molecule has 3 N–H and O–H groups in total. The van der Waals surface area contributed by atoms with Crippen molar-refractivity contribution in [1.29, 1.82) is 0 Å². The van der Waals surface area contributed by atoms with Crippen molar-refractivity contribution in [2.45, 2.75) is 20.0 Å². The Balaban J connectivity index is 2.09. The van der Waals surface area contributed by atoms with Crippen LogP contribution in [0.1, 0.15) is 23.7 Å². The number of thiazole rings is 1. The van der Waals surface area contributed by atoms with Gasteiger partial charge in [-0.15, -0.1) is 22.7 Å². The highest BCUT2D eigenvalue weighted by Crippen LogP contribution is 2.43. The molecule has 0 amide bonds. The number of anilines is 1. The minimum absolute atomic E-state index is 0.585. The van der Waals surface area contributed by atoms with Crippen molar-refractivity contribution in [3.05, 3.63) is 34.5 Å². The van der Waals surface area contributed by atoms with E-state index in [1.165, 1.54) is 11.3 Å². The van der Waals surface area contributed by atoms with Crippen LogP contribution in [0.2, 0.25) is 0 Å². The van der Waals surface area contributed by atoms with Crippen molar-refractivity contribution in [1.82, 2.24) is 19.5 Å². The van der Waals surface area contributed by atoms with Crippen LogP contribution in [0.5, 0.6) is 0 Å². The van der Waals surface area contributed by atoms with Gasteiger partial charge in [-0.25, -0.2) is 15.0 Å². The minimum Gasteiger partial charge on any atom is -0.397 e. The molecule has 0 radical (unpaired) electrons. The van der Waals surface area contributed by atoms with Crippen LogP contribution < -0.4 is 5.73 Å². The van der Waals surface area contributed by atoms with Crippen molar-refractivity contribution in [2.75, 3.05) is 5.73 Å². The molecule has 0 aliphatic rings. The van der Waals surface area contributed by atoms with E-state index in [0.29, 0.717) is 5.69 Å². The van der Waals surface area contributed by atoms with E-state index in [1.54, 1.807) is 24.5 Å². The van der Waals surface area contributed by atoms with E-state index in [2.05, 4.69) is 9.97 Å². The highest BCUT2D eigenvalue weighted by atomic mass is 32.1. The number of aryl methyl sites for hydroxylation is 1. The normalized spacial score (nSPS) is 12.8. The van der Waals surface area contributed by atoms with Crippen molar-refractivity contribution >= 4 is 38.6 Å². The molecule has 1 atom stereocenters. The Labute approximate surface area is 152 Å². The number of aromatic nitrogens is 4. The highest BCUT2D eigenvalue weighted by molar-refractivity contribution is 7.19. The van der Waals surface area contributed by atoms with Crippen LogP contribution in [0.3, 0.4) is 0 Å². The predicted molar refractivity (Wildman–Crippen MR) is 103 cm³/mol. The van der Waals surface area contributed by atoms with Crippen molar-refractivity contribution < 1.29 is 5.11 Å². The first-order valence-corrected chi connectivity index (χ1v) is 9.46. The number of fused-ring (bicyclic) bond motifs is 1. The summed E-state index contributed by atoms with van der Waals surface area (Å²) in [6, 6.07) is 2.01. The van der Waals surface area contributed by atoms with Gasteiger partial charge in [-0.05, 0) is 19.9 Å². The molecular formula is C17H17N5OS2. The summed E-state index contributed by atoms with van der Waals surface area (Å²) in [5, 5.41) is 13.7. The number of aliphatic hydroxyl groups excluding tert-OH is 1. The molecule has 0 unspecified atom stereocenters. The third kappa shape index (κ3) is 2.53. The first kappa shape index (κ1) is 16.2. The van der Waals surface area contributed by atoms with Gasteiger partial charge in [0.1, 0.15) is 21.4 Å². The lowest BCUT2D eigenvalue weighted by molar-refractivity contribution is 0.204. The number of aliphatic hydroxyl groups is 1. The van der Waals surface area contributed by atoms with Gasteiger partial charge in [0, 0.05) is 29.6 Å². The summed E-state index contributed by atoms with van der Waals surface area (Å²) in [6.07, 6.45) is 2.97. The van der Waals surface area contributed by atoms with Crippen molar-refractivity contribution in [2.24, 2.45) is 7.05 Å². The maximum absolute atomic E-state index is 10.1.